The van der Waals surface area contributed by atoms with E-state index in [1.165, 1.54) is 0 Å². The summed E-state index contributed by atoms with van der Waals surface area (Å²) in [5, 5.41) is 7.22. The zero-order valence-electron chi connectivity index (χ0n) is 20.2. The standard InChI is InChI=1S/C27H30BrN5O3/c28-23-10-8-21(9-11-23)26-30-24(36-31-26)18-32-12-2-6-22(17-32)27(35)29-15-19-4-1-5-20(14-19)16-33-13-3-7-25(33)34/h1,4-5,8-11,14,22H,2-3,6-7,12-13,15-18H2,(H,29,35). The monoisotopic (exact) mass is 551 g/mol. The molecule has 3 aromatic rings. The Bertz CT molecular complexity index is 1210. The van der Waals surface area contributed by atoms with Crippen molar-refractivity contribution in [3.63, 3.8) is 0 Å². The van der Waals surface area contributed by atoms with Gasteiger partial charge < -0.3 is 14.7 Å². The Morgan fingerprint density at radius 2 is 1.92 bits per heavy atom. The number of amides is 2. The Labute approximate surface area is 219 Å². The van der Waals surface area contributed by atoms with Crippen LogP contribution in [-0.4, -0.2) is 51.4 Å². The van der Waals surface area contributed by atoms with Crippen LogP contribution < -0.4 is 5.32 Å². The molecule has 2 fully saturated rings. The van der Waals surface area contributed by atoms with Gasteiger partial charge in [0.05, 0.1) is 12.5 Å². The Hall–Kier alpha value is -3.04. The molecule has 2 amide bonds. The van der Waals surface area contributed by atoms with Crippen LogP contribution in [0.1, 0.15) is 42.7 Å². The molecule has 36 heavy (non-hydrogen) atoms. The van der Waals surface area contributed by atoms with Crippen LogP contribution in [0.4, 0.5) is 0 Å². The van der Waals surface area contributed by atoms with Gasteiger partial charge in [-0.25, -0.2) is 0 Å². The fourth-order valence-electron chi connectivity index (χ4n) is 4.90. The molecule has 1 atom stereocenters. The summed E-state index contributed by atoms with van der Waals surface area (Å²) < 4.78 is 6.48. The number of hydrogen-bond acceptors (Lipinski definition) is 6. The van der Waals surface area contributed by atoms with E-state index in [1.54, 1.807) is 0 Å². The van der Waals surface area contributed by atoms with Gasteiger partial charge in [0, 0.05) is 42.6 Å². The summed E-state index contributed by atoms with van der Waals surface area (Å²) in [6.07, 6.45) is 3.40. The lowest BCUT2D eigenvalue weighted by atomic mass is 9.97. The number of likely N-dealkylation sites (tertiary alicyclic amines) is 2. The highest BCUT2D eigenvalue weighted by molar-refractivity contribution is 9.10. The third kappa shape index (κ3) is 6.20. The summed E-state index contributed by atoms with van der Waals surface area (Å²) in [5.74, 6) is 1.35. The number of aromatic nitrogens is 2. The molecule has 0 aliphatic carbocycles. The average Bonchev–Trinajstić information content (AvgIpc) is 3.52. The van der Waals surface area contributed by atoms with Gasteiger partial charge in [-0.1, -0.05) is 45.4 Å². The molecule has 3 heterocycles. The Kier molecular flexibility index (Phi) is 7.77. The molecule has 2 saturated heterocycles. The van der Waals surface area contributed by atoms with Gasteiger partial charge in [-0.3, -0.25) is 14.5 Å². The Morgan fingerprint density at radius 1 is 1.08 bits per heavy atom. The third-order valence-corrected chi connectivity index (χ3v) is 7.34. The molecular formula is C27H30BrN5O3. The molecule has 2 aliphatic rings. The largest absolute Gasteiger partial charge is 0.352 e. The molecule has 0 saturated carbocycles. The summed E-state index contributed by atoms with van der Waals surface area (Å²) in [5.41, 5.74) is 3.05. The van der Waals surface area contributed by atoms with Crippen LogP contribution in [0.2, 0.25) is 0 Å². The smallest absolute Gasteiger partial charge is 0.241 e. The maximum atomic E-state index is 12.9. The van der Waals surface area contributed by atoms with Gasteiger partial charge in [0.2, 0.25) is 23.5 Å². The molecule has 8 nitrogen and oxygen atoms in total. The van der Waals surface area contributed by atoms with Crippen LogP contribution in [0.15, 0.2) is 57.5 Å². The van der Waals surface area contributed by atoms with Crippen molar-refractivity contribution in [1.29, 1.82) is 0 Å². The molecule has 0 radical (unpaired) electrons. The number of nitrogens with one attached hydrogen (secondary N) is 1. The van der Waals surface area contributed by atoms with Gasteiger partial charge in [-0.15, -0.1) is 0 Å². The van der Waals surface area contributed by atoms with Crippen molar-refractivity contribution in [1.82, 2.24) is 25.3 Å². The first-order chi connectivity index (χ1) is 17.5. The summed E-state index contributed by atoms with van der Waals surface area (Å²) in [7, 11) is 0. The number of piperidine rings is 1. The average molecular weight is 552 g/mol. The molecule has 1 aromatic heterocycles. The quantitative estimate of drug-likeness (QED) is 0.452. The normalized spacial score (nSPS) is 18.5. The van der Waals surface area contributed by atoms with Crippen molar-refractivity contribution < 1.29 is 14.1 Å². The van der Waals surface area contributed by atoms with E-state index in [4.69, 9.17) is 4.52 Å². The second kappa shape index (κ2) is 11.3. The van der Waals surface area contributed by atoms with E-state index in [9.17, 15) is 9.59 Å². The van der Waals surface area contributed by atoms with Gasteiger partial charge in [0.25, 0.3) is 0 Å². The highest BCUT2D eigenvalue weighted by Gasteiger charge is 2.27. The molecule has 9 heteroatoms. The number of nitrogens with zero attached hydrogens (tertiary/aromatic N) is 4. The number of benzene rings is 2. The van der Waals surface area contributed by atoms with E-state index in [-0.39, 0.29) is 17.7 Å². The molecule has 1 N–H and O–H groups in total. The van der Waals surface area contributed by atoms with E-state index in [0.717, 1.165) is 53.5 Å². The number of hydrogen-bond donors (Lipinski definition) is 1. The predicted octanol–water partition coefficient (Wildman–Crippen LogP) is 4.15. The molecule has 2 aromatic carbocycles. The zero-order valence-corrected chi connectivity index (χ0v) is 21.7. The van der Waals surface area contributed by atoms with E-state index in [2.05, 4.69) is 42.4 Å². The molecule has 1 unspecified atom stereocenters. The fraction of sp³-hybridized carbons (Fsp3) is 0.407. The minimum atomic E-state index is -0.0713. The number of halogens is 1. The SMILES string of the molecule is O=C(NCc1cccc(CN2CCCC2=O)c1)C1CCCN(Cc2nc(-c3ccc(Br)cc3)no2)C1. The minimum Gasteiger partial charge on any atom is -0.352 e. The summed E-state index contributed by atoms with van der Waals surface area (Å²) in [6, 6.07) is 15.9. The van der Waals surface area contributed by atoms with Gasteiger partial charge in [-0.2, -0.15) is 4.98 Å². The lowest BCUT2D eigenvalue weighted by Gasteiger charge is -2.30. The molecular weight excluding hydrogens is 522 g/mol. The van der Waals surface area contributed by atoms with Crippen LogP contribution in [0.5, 0.6) is 0 Å². The summed E-state index contributed by atoms with van der Waals surface area (Å²) >= 11 is 3.43. The zero-order chi connectivity index (χ0) is 24.9. The van der Waals surface area contributed by atoms with Crippen molar-refractivity contribution in [2.45, 2.75) is 45.3 Å². The summed E-state index contributed by atoms with van der Waals surface area (Å²) in [4.78, 5) is 33.5. The van der Waals surface area contributed by atoms with Crippen LogP contribution in [0, 0.1) is 5.92 Å². The second-order valence-electron chi connectivity index (χ2n) is 9.55. The third-order valence-electron chi connectivity index (χ3n) is 6.81. The minimum absolute atomic E-state index is 0.0703. The molecule has 0 spiro atoms. The van der Waals surface area contributed by atoms with Crippen molar-refractivity contribution in [3.05, 3.63) is 70.0 Å². The number of carbonyl (C=O) groups is 2. The molecule has 2 aliphatic heterocycles. The topological polar surface area (TPSA) is 91.6 Å². The first-order valence-electron chi connectivity index (χ1n) is 12.5. The van der Waals surface area contributed by atoms with E-state index in [1.807, 2.05) is 47.4 Å². The Balaban J connectivity index is 1.12. The first kappa shape index (κ1) is 24.6. The molecule has 0 bridgehead atoms. The van der Waals surface area contributed by atoms with Crippen LogP contribution in [0.25, 0.3) is 11.4 Å². The van der Waals surface area contributed by atoms with Crippen LogP contribution >= 0.6 is 15.9 Å². The van der Waals surface area contributed by atoms with Gasteiger partial charge in [0.1, 0.15) is 0 Å². The van der Waals surface area contributed by atoms with Crippen molar-refractivity contribution in [2.75, 3.05) is 19.6 Å². The first-order valence-corrected chi connectivity index (χ1v) is 13.3. The predicted molar refractivity (Wildman–Crippen MR) is 138 cm³/mol. The summed E-state index contributed by atoms with van der Waals surface area (Å²) in [6.45, 7) is 4.04. The maximum Gasteiger partial charge on any atom is 0.241 e. The highest BCUT2D eigenvalue weighted by atomic mass is 79.9. The fourth-order valence-corrected chi connectivity index (χ4v) is 5.17. The van der Waals surface area contributed by atoms with Crippen molar-refractivity contribution in [3.8, 4) is 11.4 Å². The van der Waals surface area contributed by atoms with Crippen LogP contribution in [-0.2, 0) is 29.2 Å². The van der Waals surface area contributed by atoms with Crippen LogP contribution in [0.3, 0.4) is 0 Å². The van der Waals surface area contributed by atoms with Gasteiger partial charge in [0.15, 0.2) is 0 Å². The number of rotatable bonds is 8. The Morgan fingerprint density at radius 3 is 2.72 bits per heavy atom. The molecule has 188 valence electrons. The highest BCUT2D eigenvalue weighted by Crippen LogP contribution is 2.22. The molecule has 5 rings (SSSR count). The maximum absolute atomic E-state index is 12.9. The van der Waals surface area contributed by atoms with Gasteiger partial charge >= 0.3 is 0 Å². The van der Waals surface area contributed by atoms with E-state index in [0.29, 0.717) is 44.3 Å². The van der Waals surface area contributed by atoms with Crippen molar-refractivity contribution >= 4 is 27.7 Å². The number of carbonyl (C=O) groups excluding carboxylic acids is 2. The van der Waals surface area contributed by atoms with E-state index < -0.39 is 0 Å². The lowest BCUT2D eigenvalue weighted by molar-refractivity contribution is -0.128. The van der Waals surface area contributed by atoms with Crippen molar-refractivity contribution in [2.24, 2.45) is 5.92 Å². The van der Waals surface area contributed by atoms with E-state index >= 15 is 0 Å². The lowest BCUT2D eigenvalue weighted by Crippen LogP contribution is -2.42. The van der Waals surface area contributed by atoms with Gasteiger partial charge in [-0.05, 0) is 61.2 Å². The second-order valence-corrected chi connectivity index (χ2v) is 10.5.